The van der Waals surface area contributed by atoms with Crippen LogP contribution >= 0.6 is 0 Å². The Bertz CT molecular complexity index is 1320. The number of para-hydroxylation sites is 1. The summed E-state index contributed by atoms with van der Waals surface area (Å²) in [4.78, 5) is 42.0. The van der Waals surface area contributed by atoms with Gasteiger partial charge < -0.3 is 20.5 Å². The van der Waals surface area contributed by atoms with Crippen LogP contribution < -0.4 is 16.0 Å². The SMILES string of the molecule is O=C(CCn1ccnc1)Nc1cccc(C(=O)Nc2ccccc2C(=O)NCCc2ccccc2)c1. The molecule has 1 aromatic heterocycles. The van der Waals surface area contributed by atoms with E-state index in [4.69, 9.17) is 0 Å². The number of carbonyl (C=O) groups excluding carboxylic acids is 3. The highest BCUT2D eigenvalue weighted by atomic mass is 16.2. The lowest BCUT2D eigenvalue weighted by molar-refractivity contribution is -0.116. The zero-order chi connectivity index (χ0) is 25.2. The maximum absolute atomic E-state index is 12.9. The Labute approximate surface area is 209 Å². The van der Waals surface area contributed by atoms with E-state index in [0.717, 1.165) is 5.56 Å². The van der Waals surface area contributed by atoms with E-state index in [0.29, 0.717) is 42.0 Å². The van der Waals surface area contributed by atoms with Crippen molar-refractivity contribution in [1.29, 1.82) is 0 Å². The number of nitrogens with zero attached hydrogens (tertiary/aromatic N) is 2. The number of anilines is 2. The highest BCUT2D eigenvalue weighted by Gasteiger charge is 2.14. The van der Waals surface area contributed by atoms with Crippen LogP contribution in [0.1, 0.15) is 32.7 Å². The first kappa shape index (κ1) is 24.4. The van der Waals surface area contributed by atoms with E-state index >= 15 is 0 Å². The Morgan fingerprint density at radius 2 is 1.64 bits per heavy atom. The normalized spacial score (nSPS) is 10.4. The minimum absolute atomic E-state index is 0.168. The third-order valence-corrected chi connectivity index (χ3v) is 5.53. The molecule has 8 heteroatoms. The van der Waals surface area contributed by atoms with Gasteiger partial charge in [-0.3, -0.25) is 14.4 Å². The minimum Gasteiger partial charge on any atom is -0.352 e. The number of rotatable bonds is 10. The topological polar surface area (TPSA) is 105 Å². The van der Waals surface area contributed by atoms with Gasteiger partial charge in [0.25, 0.3) is 11.8 Å². The molecule has 3 N–H and O–H groups in total. The number of carbonyl (C=O) groups is 3. The van der Waals surface area contributed by atoms with Gasteiger partial charge in [-0.15, -0.1) is 0 Å². The van der Waals surface area contributed by atoms with Crippen molar-refractivity contribution in [3.63, 3.8) is 0 Å². The van der Waals surface area contributed by atoms with E-state index in [2.05, 4.69) is 20.9 Å². The number of aryl methyl sites for hydroxylation is 1. The summed E-state index contributed by atoms with van der Waals surface area (Å²) in [6, 6.07) is 23.4. The lowest BCUT2D eigenvalue weighted by Gasteiger charge is -2.12. The molecule has 0 unspecified atom stereocenters. The Kier molecular flexibility index (Phi) is 8.22. The van der Waals surface area contributed by atoms with Crippen molar-refractivity contribution >= 4 is 29.1 Å². The summed E-state index contributed by atoms with van der Waals surface area (Å²) < 4.78 is 1.82. The number of hydrogen-bond acceptors (Lipinski definition) is 4. The molecule has 3 aromatic carbocycles. The first-order valence-corrected chi connectivity index (χ1v) is 11.7. The molecule has 1 heterocycles. The third kappa shape index (κ3) is 6.89. The van der Waals surface area contributed by atoms with Gasteiger partial charge in [-0.25, -0.2) is 4.98 Å². The molecule has 182 valence electrons. The van der Waals surface area contributed by atoms with Crippen molar-refractivity contribution in [2.45, 2.75) is 19.4 Å². The first-order valence-electron chi connectivity index (χ1n) is 11.7. The van der Waals surface area contributed by atoms with Gasteiger partial charge in [-0.2, -0.15) is 0 Å². The molecule has 0 aliphatic carbocycles. The fourth-order valence-corrected chi connectivity index (χ4v) is 3.66. The standard InChI is InChI=1S/C28H27N5O3/c34-26(14-17-33-18-16-29-20-33)31-23-10-6-9-22(19-23)27(35)32-25-12-5-4-11-24(25)28(36)30-15-13-21-7-2-1-3-8-21/h1-12,16,18-20H,13-15,17H2,(H,30,36)(H,31,34)(H,32,35). The summed E-state index contributed by atoms with van der Waals surface area (Å²) in [5.41, 5.74) is 2.80. The molecule has 4 rings (SSSR count). The molecular weight excluding hydrogens is 454 g/mol. The Balaban J connectivity index is 1.35. The molecule has 8 nitrogen and oxygen atoms in total. The molecule has 0 spiro atoms. The van der Waals surface area contributed by atoms with Crippen LogP contribution in [0.2, 0.25) is 0 Å². The predicted octanol–water partition coefficient (Wildman–Crippen LogP) is 4.14. The van der Waals surface area contributed by atoms with E-state index in [1.54, 1.807) is 67.3 Å². The summed E-state index contributed by atoms with van der Waals surface area (Å²) >= 11 is 0. The molecule has 0 bridgehead atoms. The van der Waals surface area contributed by atoms with Crippen molar-refractivity contribution in [2.24, 2.45) is 0 Å². The summed E-state index contributed by atoms with van der Waals surface area (Å²) in [7, 11) is 0. The predicted molar refractivity (Wildman–Crippen MR) is 139 cm³/mol. The molecule has 3 amide bonds. The first-order chi connectivity index (χ1) is 17.6. The Morgan fingerprint density at radius 1 is 0.833 bits per heavy atom. The van der Waals surface area contributed by atoms with Gasteiger partial charge in [0, 0.05) is 43.2 Å². The van der Waals surface area contributed by atoms with Gasteiger partial charge in [0.1, 0.15) is 0 Å². The summed E-state index contributed by atoms with van der Waals surface area (Å²) in [5.74, 6) is -0.812. The molecule has 0 aliphatic heterocycles. The van der Waals surface area contributed by atoms with Gasteiger partial charge in [-0.1, -0.05) is 48.5 Å². The monoisotopic (exact) mass is 481 g/mol. The zero-order valence-electron chi connectivity index (χ0n) is 19.7. The van der Waals surface area contributed by atoms with Crippen molar-refractivity contribution in [1.82, 2.24) is 14.9 Å². The van der Waals surface area contributed by atoms with E-state index in [-0.39, 0.29) is 24.1 Å². The van der Waals surface area contributed by atoms with Gasteiger partial charge >= 0.3 is 0 Å². The van der Waals surface area contributed by atoms with Gasteiger partial charge in [0.2, 0.25) is 5.91 Å². The second kappa shape index (κ2) is 12.1. The Hall–Kier alpha value is -4.72. The van der Waals surface area contributed by atoms with E-state index in [9.17, 15) is 14.4 Å². The van der Waals surface area contributed by atoms with Crippen LogP contribution in [-0.4, -0.2) is 33.8 Å². The maximum Gasteiger partial charge on any atom is 0.255 e. The lowest BCUT2D eigenvalue weighted by atomic mass is 10.1. The van der Waals surface area contributed by atoms with Crippen LogP contribution in [-0.2, 0) is 17.8 Å². The van der Waals surface area contributed by atoms with Crippen LogP contribution in [0.5, 0.6) is 0 Å². The van der Waals surface area contributed by atoms with E-state index in [1.807, 2.05) is 34.9 Å². The fraction of sp³-hybridized carbons (Fsp3) is 0.143. The van der Waals surface area contributed by atoms with Crippen LogP contribution in [0.4, 0.5) is 11.4 Å². The summed E-state index contributed by atoms with van der Waals surface area (Å²) in [5, 5.41) is 8.54. The molecule has 0 aliphatic rings. The molecule has 4 aromatic rings. The van der Waals surface area contributed by atoms with Crippen LogP contribution in [0, 0.1) is 0 Å². The molecule has 0 saturated carbocycles. The largest absolute Gasteiger partial charge is 0.352 e. The number of hydrogen-bond donors (Lipinski definition) is 3. The molecule has 0 radical (unpaired) electrons. The minimum atomic E-state index is -0.381. The van der Waals surface area contributed by atoms with Gasteiger partial charge in [-0.05, 0) is 42.3 Å². The molecule has 0 fully saturated rings. The van der Waals surface area contributed by atoms with Crippen molar-refractivity contribution in [3.05, 3.63) is 114 Å². The van der Waals surface area contributed by atoms with Gasteiger partial charge in [0.05, 0.1) is 17.6 Å². The second-order valence-corrected chi connectivity index (χ2v) is 8.17. The smallest absolute Gasteiger partial charge is 0.255 e. The maximum atomic E-state index is 12.9. The van der Waals surface area contributed by atoms with E-state index in [1.165, 1.54) is 0 Å². The number of nitrogens with one attached hydrogen (secondary N) is 3. The lowest BCUT2D eigenvalue weighted by Crippen LogP contribution is -2.27. The van der Waals surface area contributed by atoms with Crippen molar-refractivity contribution < 1.29 is 14.4 Å². The number of aromatic nitrogens is 2. The number of amides is 3. The van der Waals surface area contributed by atoms with E-state index < -0.39 is 0 Å². The number of imidazole rings is 1. The summed E-state index contributed by atoms with van der Waals surface area (Å²) in [6.45, 7) is 0.990. The average Bonchev–Trinajstić information content (AvgIpc) is 3.42. The van der Waals surface area contributed by atoms with Crippen LogP contribution in [0.3, 0.4) is 0 Å². The highest BCUT2D eigenvalue weighted by Crippen LogP contribution is 2.18. The average molecular weight is 482 g/mol. The van der Waals surface area contributed by atoms with Crippen LogP contribution in [0.25, 0.3) is 0 Å². The fourth-order valence-electron chi connectivity index (χ4n) is 3.66. The molecular formula is C28H27N5O3. The molecule has 36 heavy (non-hydrogen) atoms. The quantitative estimate of drug-likeness (QED) is 0.317. The molecule has 0 saturated heterocycles. The second-order valence-electron chi connectivity index (χ2n) is 8.17. The Morgan fingerprint density at radius 3 is 2.44 bits per heavy atom. The third-order valence-electron chi connectivity index (χ3n) is 5.53. The van der Waals surface area contributed by atoms with Crippen molar-refractivity contribution in [2.75, 3.05) is 17.2 Å². The zero-order valence-corrected chi connectivity index (χ0v) is 19.7. The number of benzene rings is 3. The summed E-state index contributed by atoms with van der Waals surface area (Å²) in [6.07, 6.45) is 6.09. The van der Waals surface area contributed by atoms with Crippen molar-refractivity contribution in [3.8, 4) is 0 Å². The molecule has 0 atom stereocenters. The van der Waals surface area contributed by atoms with Gasteiger partial charge in [0.15, 0.2) is 0 Å². The highest BCUT2D eigenvalue weighted by molar-refractivity contribution is 6.09. The van der Waals surface area contributed by atoms with Crippen LogP contribution in [0.15, 0.2) is 97.6 Å².